The molecule has 0 radical (unpaired) electrons. The third-order valence-electron chi connectivity index (χ3n) is 3.48. The second-order valence-electron chi connectivity index (χ2n) is 5.35. The van der Waals surface area contributed by atoms with E-state index in [1.165, 1.54) is 22.9 Å². The van der Waals surface area contributed by atoms with Gasteiger partial charge >= 0.3 is 0 Å². The zero-order chi connectivity index (χ0) is 13.7. The van der Waals surface area contributed by atoms with Crippen LogP contribution < -0.4 is 0 Å². The Kier molecular flexibility index (Phi) is 5.00. The minimum absolute atomic E-state index is 0.252. The summed E-state index contributed by atoms with van der Waals surface area (Å²) in [5, 5.41) is 10.4. The van der Waals surface area contributed by atoms with Crippen molar-refractivity contribution >= 4 is 10.9 Å². The van der Waals surface area contributed by atoms with Gasteiger partial charge in [0.15, 0.2) is 0 Å². The van der Waals surface area contributed by atoms with Crippen LogP contribution in [0, 0.1) is 0 Å². The van der Waals surface area contributed by atoms with Crippen LogP contribution in [-0.4, -0.2) is 41.8 Å². The molecule has 0 aliphatic carbocycles. The largest absolute Gasteiger partial charge is 0.396 e. The molecule has 3 nitrogen and oxygen atoms in total. The van der Waals surface area contributed by atoms with Crippen molar-refractivity contribution in [2.24, 2.45) is 0 Å². The Hall–Kier alpha value is -1.32. The molecule has 1 heterocycles. The third-order valence-corrected chi connectivity index (χ3v) is 3.48. The van der Waals surface area contributed by atoms with E-state index in [2.05, 4.69) is 54.0 Å². The summed E-state index contributed by atoms with van der Waals surface area (Å²) >= 11 is 0. The van der Waals surface area contributed by atoms with E-state index in [9.17, 15) is 0 Å². The van der Waals surface area contributed by atoms with Crippen LogP contribution in [0.3, 0.4) is 0 Å². The molecule has 2 rings (SSSR count). The van der Waals surface area contributed by atoms with Crippen LogP contribution in [0.1, 0.15) is 18.4 Å². The van der Waals surface area contributed by atoms with E-state index in [0.717, 1.165) is 25.9 Å². The number of aliphatic hydroxyl groups excluding tert-OH is 1. The number of hydrogen-bond donors (Lipinski definition) is 1. The normalized spacial score (nSPS) is 11.6. The Bertz CT molecular complexity index is 516. The number of benzene rings is 1. The molecule has 0 aliphatic rings. The second-order valence-corrected chi connectivity index (χ2v) is 5.35. The van der Waals surface area contributed by atoms with Crippen LogP contribution >= 0.6 is 0 Å². The van der Waals surface area contributed by atoms with Gasteiger partial charge in [0.2, 0.25) is 0 Å². The Morgan fingerprint density at radius 1 is 1.16 bits per heavy atom. The lowest BCUT2D eigenvalue weighted by Crippen LogP contribution is -2.13. The summed E-state index contributed by atoms with van der Waals surface area (Å²) in [5.41, 5.74) is 2.71. The van der Waals surface area contributed by atoms with E-state index >= 15 is 0 Å². The van der Waals surface area contributed by atoms with Gasteiger partial charge in [-0.2, -0.15) is 0 Å². The summed E-state index contributed by atoms with van der Waals surface area (Å²) in [6.45, 7) is 2.27. The lowest BCUT2D eigenvalue weighted by molar-refractivity contribution is 0.280. The molecule has 0 unspecified atom stereocenters. The minimum atomic E-state index is 0.252. The Morgan fingerprint density at radius 3 is 2.68 bits per heavy atom. The Balaban J connectivity index is 2.18. The maximum atomic E-state index is 8.99. The van der Waals surface area contributed by atoms with Gasteiger partial charge in [-0.3, -0.25) is 0 Å². The van der Waals surface area contributed by atoms with Gasteiger partial charge in [0.05, 0.1) is 0 Å². The molecule has 0 fully saturated rings. The molecule has 3 heteroatoms. The Morgan fingerprint density at radius 2 is 1.95 bits per heavy atom. The average Bonchev–Trinajstić information content (AvgIpc) is 2.75. The van der Waals surface area contributed by atoms with Crippen molar-refractivity contribution in [2.75, 3.05) is 27.2 Å². The maximum absolute atomic E-state index is 8.99. The second kappa shape index (κ2) is 6.73. The van der Waals surface area contributed by atoms with Gasteiger partial charge in [-0.25, -0.2) is 0 Å². The highest BCUT2D eigenvalue weighted by molar-refractivity contribution is 5.83. The molecule has 1 N–H and O–H groups in total. The standard InChI is InChI=1S/C16H24N2O/c1-17(2)10-5-7-14-13-18(11-6-12-19)16-9-4-3-8-15(14)16/h3-4,8-9,13,19H,5-7,10-12H2,1-2H3. The number of aromatic nitrogens is 1. The molecule has 0 aliphatic heterocycles. The molecule has 0 bridgehead atoms. The molecule has 19 heavy (non-hydrogen) atoms. The Labute approximate surface area is 115 Å². The van der Waals surface area contributed by atoms with Gasteiger partial charge in [0, 0.05) is 30.3 Å². The summed E-state index contributed by atoms with van der Waals surface area (Å²) in [7, 11) is 4.23. The molecular weight excluding hydrogens is 236 g/mol. The molecule has 1 aromatic heterocycles. The van der Waals surface area contributed by atoms with Crippen molar-refractivity contribution in [3.8, 4) is 0 Å². The number of aliphatic hydroxyl groups is 1. The summed E-state index contributed by atoms with van der Waals surface area (Å²) in [6, 6.07) is 8.56. The monoisotopic (exact) mass is 260 g/mol. The van der Waals surface area contributed by atoms with Gasteiger partial charge in [-0.1, -0.05) is 18.2 Å². The fourth-order valence-electron chi connectivity index (χ4n) is 2.53. The first-order valence-corrected chi connectivity index (χ1v) is 7.04. The van der Waals surface area contributed by atoms with E-state index in [1.807, 2.05) is 0 Å². The molecule has 104 valence electrons. The molecule has 0 atom stereocenters. The lowest BCUT2D eigenvalue weighted by Gasteiger charge is -2.08. The zero-order valence-electron chi connectivity index (χ0n) is 12.0. The molecular formula is C16H24N2O. The quantitative estimate of drug-likeness (QED) is 0.828. The summed E-state index contributed by atoms with van der Waals surface area (Å²) in [6.07, 6.45) is 5.37. The van der Waals surface area contributed by atoms with E-state index in [0.29, 0.717) is 0 Å². The first-order valence-electron chi connectivity index (χ1n) is 7.04. The highest BCUT2D eigenvalue weighted by atomic mass is 16.3. The number of nitrogens with zero attached hydrogens (tertiary/aromatic N) is 2. The summed E-state index contributed by atoms with van der Waals surface area (Å²) < 4.78 is 2.27. The number of para-hydroxylation sites is 1. The molecule has 1 aromatic carbocycles. The fraction of sp³-hybridized carbons (Fsp3) is 0.500. The van der Waals surface area contributed by atoms with Crippen molar-refractivity contribution < 1.29 is 5.11 Å². The predicted octanol–water partition coefficient (Wildman–Crippen LogP) is 2.52. The lowest BCUT2D eigenvalue weighted by atomic mass is 10.1. The van der Waals surface area contributed by atoms with Gasteiger partial charge in [-0.15, -0.1) is 0 Å². The predicted molar refractivity (Wildman–Crippen MR) is 80.5 cm³/mol. The number of fused-ring (bicyclic) bond motifs is 1. The topological polar surface area (TPSA) is 28.4 Å². The molecule has 0 saturated carbocycles. The zero-order valence-corrected chi connectivity index (χ0v) is 12.0. The first kappa shape index (κ1) is 14.1. The van der Waals surface area contributed by atoms with Gasteiger partial charge in [-0.05, 0) is 51.5 Å². The highest BCUT2D eigenvalue weighted by Crippen LogP contribution is 2.22. The van der Waals surface area contributed by atoms with Crippen LogP contribution in [0.4, 0.5) is 0 Å². The third kappa shape index (κ3) is 3.58. The summed E-state index contributed by atoms with van der Waals surface area (Å²) in [4.78, 5) is 2.23. The van der Waals surface area contributed by atoms with Crippen molar-refractivity contribution in [1.82, 2.24) is 9.47 Å². The highest BCUT2D eigenvalue weighted by Gasteiger charge is 2.07. The minimum Gasteiger partial charge on any atom is -0.396 e. The van der Waals surface area contributed by atoms with Crippen LogP contribution in [-0.2, 0) is 13.0 Å². The van der Waals surface area contributed by atoms with Crippen molar-refractivity contribution in [3.05, 3.63) is 36.0 Å². The van der Waals surface area contributed by atoms with Crippen molar-refractivity contribution in [2.45, 2.75) is 25.8 Å². The molecule has 2 aromatic rings. The van der Waals surface area contributed by atoms with E-state index in [1.54, 1.807) is 0 Å². The van der Waals surface area contributed by atoms with Crippen LogP contribution in [0.15, 0.2) is 30.5 Å². The van der Waals surface area contributed by atoms with Crippen LogP contribution in [0.5, 0.6) is 0 Å². The first-order chi connectivity index (χ1) is 9.22. The summed E-state index contributed by atoms with van der Waals surface area (Å²) in [5.74, 6) is 0. The van der Waals surface area contributed by atoms with Crippen LogP contribution in [0.2, 0.25) is 0 Å². The van der Waals surface area contributed by atoms with Crippen LogP contribution in [0.25, 0.3) is 10.9 Å². The molecule has 0 spiro atoms. The van der Waals surface area contributed by atoms with E-state index in [-0.39, 0.29) is 6.61 Å². The van der Waals surface area contributed by atoms with Gasteiger partial charge in [0.25, 0.3) is 0 Å². The molecule has 0 saturated heterocycles. The average molecular weight is 260 g/mol. The van der Waals surface area contributed by atoms with Crippen molar-refractivity contribution in [3.63, 3.8) is 0 Å². The maximum Gasteiger partial charge on any atom is 0.0483 e. The van der Waals surface area contributed by atoms with Crippen molar-refractivity contribution in [1.29, 1.82) is 0 Å². The molecule has 0 amide bonds. The van der Waals surface area contributed by atoms with Gasteiger partial charge in [0.1, 0.15) is 0 Å². The SMILES string of the molecule is CN(C)CCCc1cn(CCCO)c2ccccc12. The number of aryl methyl sites for hydroxylation is 2. The van der Waals surface area contributed by atoms with E-state index in [4.69, 9.17) is 5.11 Å². The van der Waals surface area contributed by atoms with Gasteiger partial charge < -0.3 is 14.6 Å². The fourth-order valence-corrected chi connectivity index (χ4v) is 2.53. The number of hydrogen-bond acceptors (Lipinski definition) is 2. The smallest absolute Gasteiger partial charge is 0.0483 e. The number of rotatable bonds is 7. The van der Waals surface area contributed by atoms with E-state index < -0.39 is 0 Å².